The Kier molecular flexibility index (Phi) is 4.74. The van der Waals surface area contributed by atoms with Gasteiger partial charge < -0.3 is 0 Å². The van der Waals surface area contributed by atoms with E-state index in [0.29, 0.717) is 0 Å². The first-order valence-corrected chi connectivity index (χ1v) is 11.9. The van der Waals surface area contributed by atoms with Crippen LogP contribution in [0.3, 0.4) is 0 Å². The number of halogens is 3. The molecule has 0 aromatic heterocycles. The van der Waals surface area contributed by atoms with E-state index in [9.17, 15) is 0 Å². The molecule has 4 heteroatoms. The van der Waals surface area contributed by atoms with Crippen molar-refractivity contribution in [1.29, 1.82) is 0 Å². The van der Waals surface area contributed by atoms with Gasteiger partial charge in [-0.05, 0) is 39.8 Å². The van der Waals surface area contributed by atoms with Crippen LogP contribution in [0.25, 0.3) is 0 Å². The second-order valence-electron chi connectivity index (χ2n) is 5.04. The van der Waals surface area contributed by atoms with Crippen molar-refractivity contribution in [1.82, 2.24) is 0 Å². The van der Waals surface area contributed by atoms with Gasteiger partial charge in [-0.1, -0.05) is 77.8 Å². The van der Waals surface area contributed by atoms with E-state index in [-0.39, 0.29) is 0 Å². The fraction of sp³-hybridized carbons (Fsp3) is 0. The summed E-state index contributed by atoms with van der Waals surface area (Å²) in [5, 5.41) is 5.30. The van der Waals surface area contributed by atoms with Gasteiger partial charge in [0, 0.05) is 10.0 Å². The van der Waals surface area contributed by atoms with Crippen LogP contribution < -0.4 is 15.6 Å². The molecular formula is C18H13BrCl2Si. The van der Waals surface area contributed by atoms with Gasteiger partial charge >= 0.3 is 0 Å². The molecule has 0 heterocycles. The van der Waals surface area contributed by atoms with E-state index in [1.54, 1.807) is 0 Å². The fourth-order valence-electron chi connectivity index (χ4n) is 2.53. The molecule has 3 aromatic carbocycles. The number of benzene rings is 3. The SMILES string of the molecule is Clc1ccc([Si](Br)(c2ccccc2)c2ccc(Cl)cc2)cc1. The highest BCUT2D eigenvalue weighted by atomic mass is 79.9. The number of hydrogen-bond donors (Lipinski definition) is 0. The smallest absolute Gasteiger partial charge is 0.108 e. The normalized spacial score (nSPS) is 11.4. The highest BCUT2D eigenvalue weighted by Gasteiger charge is 2.36. The Hall–Kier alpha value is -1.06. The summed E-state index contributed by atoms with van der Waals surface area (Å²) in [6.07, 6.45) is 0. The maximum absolute atomic E-state index is 6.06. The van der Waals surface area contributed by atoms with Crippen LogP contribution in [0.2, 0.25) is 10.0 Å². The Morgan fingerprint density at radius 1 is 0.545 bits per heavy atom. The molecule has 0 aliphatic heterocycles. The van der Waals surface area contributed by atoms with Crippen LogP contribution in [0, 0.1) is 0 Å². The summed E-state index contributed by atoms with van der Waals surface area (Å²) in [5.74, 6) is 0. The molecule has 0 saturated heterocycles. The fourth-order valence-corrected chi connectivity index (χ4v) is 8.06. The predicted molar refractivity (Wildman–Crippen MR) is 103 cm³/mol. The molecule has 0 radical (unpaired) electrons. The van der Waals surface area contributed by atoms with Gasteiger partial charge in [0.25, 0.3) is 0 Å². The lowest BCUT2D eigenvalue weighted by Crippen LogP contribution is -2.62. The molecule has 0 bridgehead atoms. The highest BCUT2D eigenvalue weighted by molar-refractivity contribution is 9.27. The van der Waals surface area contributed by atoms with Crippen molar-refractivity contribution < 1.29 is 0 Å². The average Bonchev–Trinajstić information content (AvgIpc) is 2.56. The minimum absolute atomic E-state index is 0.747. The molecule has 0 amide bonds. The van der Waals surface area contributed by atoms with Crippen LogP contribution in [-0.2, 0) is 0 Å². The molecule has 0 fully saturated rings. The first-order valence-electron chi connectivity index (χ1n) is 6.87. The molecule has 0 N–H and O–H groups in total. The van der Waals surface area contributed by atoms with Crippen molar-refractivity contribution in [3.8, 4) is 0 Å². The van der Waals surface area contributed by atoms with Crippen LogP contribution in [0.4, 0.5) is 0 Å². The standard InChI is InChI=1S/C18H13BrCl2Si/c19-22(16-4-2-1-3-5-16,17-10-6-14(20)7-11-17)18-12-8-15(21)9-13-18/h1-13H. The molecule has 0 atom stereocenters. The van der Waals surface area contributed by atoms with Gasteiger partial charge in [0.15, 0.2) is 0 Å². The molecule has 0 unspecified atom stereocenters. The summed E-state index contributed by atoms with van der Waals surface area (Å²) in [6, 6.07) is 26.7. The van der Waals surface area contributed by atoms with E-state index >= 15 is 0 Å². The van der Waals surface area contributed by atoms with Crippen LogP contribution >= 0.6 is 38.5 Å². The molecule has 3 aromatic rings. The third kappa shape index (κ3) is 3.02. The minimum Gasteiger partial charge on any atom is -0.108 e. The van der Waals surface area contributed by atoms with Gasteiger partial charge in [-0.3, -0.25) is 0 Å². The van der Waals surface area contributed by atoms with Crippen LogP contribution in [0.15, 0.2) is 78.9 Å². The molecular weight excluding hydrogens is 395 g/mol. The molecule has 0 aliphatic carbocycles. The summed E-state index contributed by atoms with van der Waals surface area (Å²) >= 11 is 16.2. The molecule has 110 valence electrons. The van der Waals surface area contributed by atoms with E-state index in [1.165, 1.54) is 15.6 Å². The van der Waals surface area contributed by atoms with Crippen molar-refractivity contribution >= 4 is 60.7 Å². The summed E-state index contributed by atoms with van der Waals surface area (Å²) in [5.41, 5.74) is 0. The molecule has 0 saturated carbocycles. The lowest BCUT2D eigenvalue weighted by atomic mass is 10.3. The summed E-state index contributed by atoms with van der Waals surface area (Å²) in [6.45, 7) is -2.23. The Balaban J connectivity index is 2.22. The second-order valence-corrected chi connectivity index (χ2v) is 12.5. The van der Waals surface area contributed by atoms with Crippen LogP contribution in [0.5, 0.6) is 0 Å². The molecule has 0 aliphatic rings. The zero-order valence-corrected chi connectivity index (χ0v) is 15.7. The molecule has 22 heavy (non-hydrogen) atoms. The Morgan fingerprint density at radius 3 is 1.32 bits per heavy atom. The van der Waals surface area contributed by atoms with E-state index in [1.807, 2.05) is 30.3 Å². The zero-order valence-electron chi connectivity index (χ0n) is 11.6. The monoisotopic (exact) mass is 406 g/mol. The van der Waals surface area contributed by atoms with Gasteiger partial charge in [0.2, 0.25) is 6.69 Å². The first kappa shape index (κ1) is 15.8. The van der Waals surface area contributed by atoms with Gasteiger partial charge in [-0.25, -0.2) is 0 Å². The van der Waals surface area contributed by atoms with Crippen molar-refractivity contribution in [2.45, 2.75) is 0 Å². The first-order chi connectivity index (χ1) is 10.6. The highest BCUT2D eigenvalue weighted by Crippen LogP contribution is 2.17. The largest absolute Gasteiger partial charge is 0.221 e. The Morgan fingerprint density at radius 2 is 0.909 bits per heavy atom. The number of hydrogen-bond acceptors (Lipinski definition) is 0. The Bertz CT molecular complexity index is 710. The summed E-state index contributed by atoms with van der Waals surface area (Å²) < 4.78 is 0. The Labute approximate surface area is 149 Å². The summed E-state index contributed by atoms with van der Waals surface area (Å²) in [4.78, 5) is 0. The third-order valence-corrected chi connectivity index (χ3v) is 11.7. The van der Waals surface area contributed by atoms with Crippen molar-refractivity contribution in [3.63, 3.8) is 0 Å². The predicted octanol–water partition coefficient (Wildman–Crippen LogP) is 4.36. The lowest BCUT2D eigenvalue weighted by Gasteiger charge is -2.27. The van der Waals surface area contributed by atoms with Crippen LogP contribution in [0.1, 0.15) is 0 Å². The van der Waals surface area contributed by atoms with Crippen molar-refractivity contribution in [2.24, 2.45) is 0 Å². The van der Waals surface area contributed by atoms with Gasteiger partial charge in [-0.15, -0.1) is 15.3 Å². The maximum atomic E-state index is 6.06. The quantitative estimate of drug-likeness (QED) is 0.344. The molecule has 3 rings (SSSR count). The zero-order chi connectivity index (χ0) is 15.6. The van der Waals surface area contributed by atoms with E-state index < -0.39 is 6.69 Å². The maximum Gasteiger partial charge on any atom is 0.221 e. The van der Waals surface area contributed by atoms with Crippen molar-refractivity contribution in [3.05, 3.63) is 88.9 Å². The van der Waals surface area contributed by atoms with Gasteiger partial charge in [0.05, 0.1) is 0 Å². The van der Waals surface area contributed by atoms with E-state index in [2.05, 4.69) is 63.8 Å². The number of rotatable bonds is 3. The summed E-state index contributed by atoms with van der Waals surface area (Å²) in [7, 11) is 0. The van der Waals surface area contributed by atoms with Crippen molar-refractivity contribution in [2.75, 3.05) is 0 Å². The van der Waals surface area contributed by atoms with Gasteiger partial charge in [-0.2, -0.15) is 0 Å². The lowest BCUT2D eigenvalue weighted by molar-refractivity contribution is 1.70. The molecule has 0 nitrogen and oxygen atoms in total. The molecule has 0 spiro atoms. The van der Waals surface area contributed by atoms with E-state index in [0.717, 1.165) is 10.0 Å². The van der Waals surface area contributed by atoms with E-state index in [4.69, 9.17) is 23.2 Å². The second kappa shape index (κ2) is 6.59. The van der Waals surface area contributed by atoms with Crippen LogP contribution in [-0.4, -0.2) is 6.69 Å². The third-order valence-electron chi connectivity index (χ3n) is 3.66. The minimum atomic E-state index is -2.23. The van der Waals surface area contributed by atoms with Gasteiger partial charge in [0.1, 0.15) is 0 Å². The average molecular weight is 408 g/mol. The topological polar surface area (TPSA) is 0 Å².